The first-order valence-electron chi connectivity index (χ1n) is 6.98. The van der Waals surface area contributed by atoms with Crippen molar-refractivity contribution < 1.29 is 14.7 Å². The SMILES string of the molecule is O=C(O)CCCCC(=O)NCc1cccc2cccnc12. The fraction of sp³-hybridized carbons (Fsp3) is 0.312. The second kappa shape index (κ2) is 7.38. The first kappa shape index (κ1) is 15.0. The molecule has 0 unspecified atom stereocenters. The van der Waals surface area contributed by atoms with Gasteiger partial charge < -0.3 is 10.4 Å². The minimum absolute atomic E-state index is 0.0617. The molecule has 0 aliphatic carbocycles. The van der Waals surface area contributed by atoms with Crippen molar-refractivity contribution in [1.29, 1.82) is 0 Å². The Labute approximate surface area is 123 Å². The Morgan fingerprint density at radius 3 is 2.67 bits per heavy atom. The molecule has 0 radical (unpaired) electrons. The van der Waals surface area contributed by atoms with E-state index in [2.05, 4.69) is 10.3 Å². The number of hydrogen-bond acceptors (Lipinski definition) is 3. The zero-order valence-electron chi connectivity index (χ0n) is 11.7. The molecule has 0 atom stereocenters. The van der Waals surface area contributed by atoms with Crippen LogP contribution >= 0.6 is 0 Å². The summed E-state index contributed by atoms with van der Waals surface area (Å²) in [7, 11) is 0. The number of unbranched alkanes of at least 4 members (excludes halogenated alkanes) is 1. The molecule has 21 heavy (non-hydrogen) atoms. The fourth-order valence-corrected chi connectivity index (χ4v) is 2.15. The molecule has 0 aliphatic rings. The minimum Gasteiger partial charge on any atom is -0.481 e. The lowest BCUT2D eigenvalue weighted by molar-refractivity contribution is -0.137. The number of benzene rings is 1. The van der Waals surface area contributed by atoms with Gasteiger partial charge in [0.15, 0.2) is 0 Å². The van der Waals surface area contributed by atoms with Gasteiger partial charge in [-0.05, 0) is 24.5 Å². The van der Waals surface area contributed by atoms with E-state index in [0.29, 0.717) is 25.8 Å². The summed E-state index contributed by atoms with van der Waals surface area (Å²) in [6.45, 7) is 0.437. The summed E-state index contributed by atoms with van der Waals surface area (Å²) in [5.41, 5.74) is 1.87. The Kier molecular flexibility index (Phi) is 5.26. The summed E-state index contributed by atoms with van der Waals surface area (Å²) in [5, 5.41) is 12.4. The van der Waals surface area contributed by atoms with Crippen molar-refractivity contribution in [2.24, 2.45) is 0 Å². The van der Waals surface area contributed by atoms with Crippen molar-refractivity contribution in [2.75, 3.05) is 0 Å². The molecule has 0 saturated carbocycles. The molecule has 0 spiro atoms. The first-order valence-corrected chi connectivity index (χ1v) is 6.98. The number of fused-ring (bicyclic) bond motifs is 1. The molecule has 5 heteroatoms. The zero-order valence-corrected chi connectivity index (χ0v) is 11.7. The third-order valence-electron chi connectivity index (χ3n) is 3.24. The largest absolute Gasteiger partial charge is 0.481 e. The van der Waals surface area contributed by atoms with Gasteiger partial charge >= 0.3 is 5.97 Å². The Balaban J connectivity index is 1.84. The lowest BCUT2D eigenvalue weighted by Gasteiger charge is -2.07. The van der Waals surface area contributed by atoms with Gasteiger partial charge in [0.25, 0.3) is 0 Å². The van der Waals surface area contributed by atoms with Gasteiger partial charge in [-0.25, -0.2) is 0 Å². The molecule has 2 rings (SSSR count). The number of amides is 1. The number of pyridine rings is 1. The molecular weight excluding hydrogens is 268 g/mol. The van der Waals surface area contributed by atoms with Crippen LogP contribution in [0.3, 0.4) is 0 Å². The number of aromatic nitrogens is 1. The van der Waals surface area contributed by atoms with Crippen molar-refractivity contribution in [2.45, 2.75) is 32.2 Å². The van der Waals surface area contributed by atoms with Gasteiger partial charge in [-0.15, -0.1) is 0 Å². The third-order valence-corrected chi connectivity index (χ3v) is 3.24. The summed E-state index contributed by atoms with van der Waals surface area (Å²) in [5.74, 6) is -0.884. The van der Waals surface area contributed by atoms with Gasteiger partial charge in [0.05, 0.1) is 5.52 Å². The van der Waals surface area contributed by atoms with E-state index in [1.807, 2.05) is 30.3 Å². The highest BCUT2D eigenvalue weighted by Crippen LogP contribution is 2.15. The average molecular weight is 286 g/mol. The number of nitrogens with one attached hydrogen (secondary N) is 1. The number of carboxylic acid groups (broad SMARTS) is 1. The number of aliphatic carboxylic acids is 1. The molecule has 2 aromatic rings. The molecule has 1 heterocycles. The van der Waals surface area contributed by atoms with Gasteiger partial charge in [-0.1, -0.05) is 24.3 Å². The Bertz CT molecular complexity index is 635. The van der Waals surface area contributed by atoms with Crippen LogP contribution in [-0.2, 0) is 16.1 Å². The van der Waals surface area contributed by atoms with E-state index in [1.54, 1.807) is 6.20 Å². The van der Waals surface area contributed by atoms with E-state index >= 15 is 0 Å². The molecular formula is C16H18N2O3. The molecule has 0 saturated heterocycles. The molecule has 0 fully saturated rings. The minimum atomic E-state index is -0.822. The van der Waals surface area contributed by atoms with Crippen molar-refractivity contribution in [3.05, 3.63) is 42.1 Å². The van der Waals surface area contributed by atoms with Gasteiger partial charge in [0.1, 0.15) is 0 Å². The predicted octanol–water partition coefficient (Wildman–Crippen LogP) is 2.50. The number of carbonyl (C=O) groups excluding carboxylic acids is 1. The second-order valence-corrected chi connectivity index (χ2v) is 4.87. The highest BCUT2D eigenvalue weighted by atomic mass is 16.4. The van der Waals surface area contributed by atoms with E-state index in [-0.39, 0.29) is 12.3 Å². The van der Waals surface area contributed by atoms with Crippen LogP contribution in [0.15, 0.2) is 36.5 Å². The van der Waals surface area contributed by atoms with Crippen LogP contribution in [0.1, 0.15) is 31.2 Å². The van der Waals surface area contributed by atoms with Crippen LogP contribution in [0.4, 0.5) is 0 Å². The molecule has 1 aromatic heterocycles. The van der Waals surface area contributed by atoms with E-state index in [9.17, 15) is 9.59 Å². The van der Waals surface area contributed by atoms with E-state index in [1.165, 1.54) is 0 Å². The Morgan fingerprint density at radius 1 is 1.10 bits per heavy atom. The van der Waals surface area contributed by atoms with Crippen molar-refractivity contribution >= 4 is 22.8 Å². The molecule has 110 valence electrons. The Morgan fingerprint density at radius 2 is 1.86 bits per heavy atom. The molecule has 2 N–H and O–H groups in total. The van der Waals surface area contributed by atoms with Crippen LogP contribution in [-0.4, -0.2) is 22.0 Å². The lowest BCUT2D eigenvalue weighted by Crippen LogP contribution is -2.22. The topological polar surface area (TPSA) is 79.3 Å². The number of carboxylic acids is 1. The molecule has 1 aromatic carbocycles. The van der Waals surface area contributed by atoms with Crippen molar-refractivity contribution in [3.63, 3.8) is 0 Å². The highest BCUT2D eigenvalue weighted by molar-refractivity contribution is 5.82. The number of rotatable bonds is 7. The zero-order chi connectivity index (χ0) is 15.1. The molecule has 1 amide bonds. The van der Waals surface area contributed by atoms with E-state index < -0.39 is 5.97 Å². The molecule has 0 aliphatic heterocycles. The Hall–Kier alpha value is -2.43. The monoisotopic (exact) mass is 286 g/mol. The van der Waals surface area contributed by atoms with Gasteiger partial charge in [0.2, 0.25) is 5.91 Å². The number of carbonyl (C=O) groups is 2. The van der Waals surface area contributed by atoms with Crippen LogP contribution in [0.25, 0.3) is 10.9 Å². The normalized spacial score (nSPS) is 10.5. The maximum absolute atomic E-state index is 11.7. The number of nitrogens with zero attached hydrogens (tertiary/aromatic N) is 1. The summed E-state index contributed by atoms with van der Waals surface area (Å²) in [6.07, 6.45) is 3.32. The maximum atomic E-state index is 11.7. The highest BCUT2D eigenvalue weighted by Gasteiger charge is 2.05. The third kappa shape index (κ3) is 4.56. The molecule has 5 nitrogen and oxygen atoms in total. The molecule has 0 bridgehead atoms. The van der Waals surface area contributed by atoms with Gasteiger partial charge in [-0.2, -0.15) is 0 Å². The van der Waals surface area contributed by atoms with Crippen molar-refractivity contribution in [3.8, 4) is 0 Å². The van der Waals surface area contributed by atoms with Crippen LogP contribution in [0, 0.1) is 0 Å². The smallest absolute Gasteiger partial charge is 0.303 e. The summed E-state index contributed by atoms with van der Waals surface area (Å²) in [4.78, 5) is 26.4. The predicted molar refractivity (Wildman–Crippen MR) is 79.7 cm³/mol. The standard InChI is InChI=1S/C16H18N2O3/c19-14(8-1-2-9-15(20)21)18-11-13-6-3-5-12-7-4-10-17-16(12)13/h3-7,10H,1-2,8-9,11H2,(H,18,19)(H,20,21). The number of hydrogen-bond donors (Lipinski definition) is 2. The van der Waals surface area contributed by atoms with Crippen LogP contribution in [0.5, 0.6) is 0 Å². The summed E-state index contributed by atoms with van der Waals surface area (Å²) < 4.78 is 0. The average Bonchev–Trinajstić information content (AvgIpc) is 2.49. The van der Waals surface area contributed by atoms with Gasteiger partial charge in [0, 0.05) is 31.0 Å². The maximum Gasteiger partial charge on any atom is 0.303 e. The number of para-hydroxylation sites is 1. The van der Waals surface area contributed by atoms with Crippen LogP contribution in [0.2, 0.25) is 0 Å². The summed E-state index contributed by atoms with van der Waals surface area (Å²) >= 11 is 0. The first-order chi connectivity index (χ1) is 10.2. The van der Waals surface area contributed by atoms with Gasteiger partial charge in [-0.3, -0.25) is 14.6 Å². The van der Waals surface area contributed by atoms with E-state index in [0.717, 1.165) is 16.5 Å². The second-order valence-electron chi connectivity index (χ2n) is 4.87. The van der Waals surface area contributed by atoms with Crippen molar-refractivity contribution in [1.82, 2.24) is 10.3 Å². The lowest BCUT2D eigenvalue weighted by atomic mass is 10.1. The summed E-state index contributed by atoms with van der Waals surface area (Å²) in [6, 6.07) is 9.74. The van der Waals surface area contributed by atoms with E-state index in [4.69, 9.17) is 5.11 Å². The van der Waals surface area contributed by atoms with Crippen LogP contribution < -0.4 is 5.32 Å². The quantitative estimate of drug-likeness (QED) is 0.766. The fourth-order valence-electron chi connectivity index (χ4n) is 2.15.